The first-order valence-electron chi connectivity index (χ1n) is 10.3. The molecule has 3 aromatic rings. The molecule has 0 bridgehead atoms. The van der Waals surface area contributed by atoms with E-state index in [0.29, 0.717) is 37.2 Å². The minimum absolute atomic E-state index is 0.0397. The summed E-state index contributed by atoms with van der Waals surface area (Å²) >= 11 is 1.52. The summed E-state index contributed by atoms with van der Waals surface area (Å²) in [6.45, 7) is 4.46. The second-order valence-electron chi connectivity index (χ2n) is 7.75. The highest BCUT2D eigenvalue weighted by Gasteiger charge is 2.30. The molecule has 1 N–H and O–H groups in total. The van der Waals surface area contributed by atoms with Crippen LogP contribution in [0.5, 0.6) is 16.7 Å². The molecule has 1 fully saturated rings. The maximum absolute atomic E-state index is 11.8. The molecule has 2 heterocycles. The smallest absolute Gasteiger partial charge is 0.279 e. The average molecular weight is 462 g/mol. The number of fused-ring (bicyclic) bond motifs is 1. The number of rotatable bonds is 9. The lowest BCUT2D eigenvalue weighted by molar-refractivity contribution is 0.303. The van der Waals surface area contributed by atoms with Gasteiger partial charge < -0.3 is 14.8 Å². The van der Waals surface area contributed by atoms with Crippen LogP contribution in [0.15, 0.2) is 42.5 Å². The fourth-order valence-electron chi connectivity index (χ4n) is 3.72. The number of sulfonamides is 1. The third-order valence-electron chi connectivity index (χ3n) is 5.23. The Morgan fingerprint density at radius 3 is 2.74 bits per heavy atom. The van der Waals surface area contributed by atoms with Gasteiger partial charge in [0.1, 0.15) is 18.1 Å². The number of hydrogen-bond acceptors (Lipinski definition) is 7. The van der Waals surface area contributed by atoms with Gasteiger partial charge in [-0.2, -0.15) is 4.31 Å². The Balaban J connectivity index is 1.21. The maximum atomic E-state index is 11.8. The van der Waals surface area contributed by atoms with Crippen LogP contribution in [-0.4, -0.2) is 56.2 Å². The Labute approximate surface area is 187 Å². The number of nitrogens with one attached hydrogen (secondary N) is 1. The molecule has 1 aliphatic heterocycles. The summed E-state index contributed by atoms with van der Waals surface area (Å²) in [7, 11) is -3.13. The van der Waals surface area contributed by atoms with E-state index in [1.54, 1.807) is 4.31 Å². The molecular weight excluding hydrogens is 434 g/mol. The molecule has 7 nitrogen and oxygen atoms in total. The van der Waals surface area contributed by atoms with E-state index >= 15 is 0 Å². The van der Waals surface area contributed by atoms with E-state index in [0.717, 1.165) is 28.8 Å². The lowest BCUT2D eigenvalue weighted by Gasteiger charge is -2.22. The third kappa shape index (κ3) is 5.74. The molecular formula is C22H27N3O4S2. The number of aryl methyl sites for hydroxylation is 1. The molecule has 1 unspecified atom stereocenters. The molecule has 1 saturated heterocycles. The minimum Gasteiger partial charge on any atom is -0.492 e. The molecule has 2 aromatic carbocycles. The van der Waals surface area contributed by atoms with E-state index in [1.807, 2.05) is 31.2 Å². The molecule has 0 spiro atoms. The zero-order chi connectivity index (χ0) is 21.8. The fraction of sp³-hybridized carbons (Fsp3) is 0.409. The summed E-state index contributed by atoms with van der Waals surface area (Å²) in [5.74, 6) is 1.47. The fourth-order valence-corrected chi connectivity index (χ4v) is 5.72. The van der Waals surface area contributed by atoms with Crippen molar-refractivity contribution in [1.29, 1.82) is 0 Å². The molecule has 0 amide bonds. The van der Waals surface area contributed by atoms with Gasteiger partial charge in [-0.3, -0.25) is 0 Å². The molecule has 1 atom stereocenters. The van der Waals surface area contributed by atoms with Gasteiger partial charge in [-0.25, -0.2) is 13.4 Å². The summed E-state index contributed by atoms with van der Waals surface area (Å²) < 4.78 is 37.9. The normalized spacial score (nSPS) is 17.3. The molecule has 9 heteroatoms. The summed E-state index contributed by atoms with van der Waals surface area (Å²) in [4.78, 5) is 4.53. The molecule has 0 radical (unpaired) electrons. The predicted octanol–water partition coefficient (Wildman–Crippen LogP) is 3.79. The Morgan fingerprint density at radius 1 is 1.19 bits per heavy atom. The average Bonchev–Trinajstić information content (AvgIpc) is 3.35. The van der Waals surface area contributed by atoms with Gasteiger partial charge in [0.15, 0.2) is 0 Å². The summed E-state index contributed by atoms with van der Waals surface area (Å²) in [5.41, 5.74) is 2.13. The van der Waals surface area contributed by atoms with Gasteiger partial charge >= 0.3 is 0 Å². The number of nitrogens with zero attached hydrogens (tertiary/aromatic N) is 2. The highest BCUT2D eigenvalue weighted by Crippen LogP contribution is 2.32. The zero-order valence-corrected chi connectivity index (χ0v) is 19.3. The second-order valence-corrected chi connectivity index (χ2v) is 10.7. The van der Waals surface area contributed by atoms with Crippen molar-refractivity contribution in [2.75, 3.05) is 32.5 Å². The van der Waals surface area contributed by atoms with Crippen molar-refractivity contribution in [3.8, 4) is 16.7 Å². The van der Waals surface area contributed by atoms with Crippen LogP contribution >= 0.6 is 11.3 Å². The van der Waals surface area contributed by atoms with Crippen LogP contribution in [-0.2, 0) is 10.0 Å². The topological polar surface area (TPSA) is 80.8 Å². The SMILES string of the molecule is Cc1ccc2sc(Oc3ccc(OCCNCC4CCCN4S(C)(=O)=O)cc3)nc2c1. The van der Waals surface area contributed by atoms with E-state index in [1.165, 1.54) is 23.2 Å². The lowest BCUT2D eigenvalue weighted by Crippen LogP contribution is -2.41. The molecule has 0 saturated carbocycles. The summed E-state index contributed by atoms with van der Waals surface area (Å²) in [6.07, 6.45) is 3.09. The highest BCUT2D eigenvalue weighted by atomic mass is 32.2. The van der Waals surface area contributed by atoms with Crippen LogP contribution in [0.4, 0.5) is 0 Å². The minimum atomic E-state index is -3.13. The van der Waals surface area contributed by atoms with Crippen molar-refractivity contribution in [2.24, 2.45) is 0 Å². The van der Waals surface area contributed by atoms with Crippen molar-refractivity contribution in [1.82, 2.24) is 14.6 Å². The number of aromatic nitrogens is 1. The number of thiazole rings is 1. The van der Waals surface area contributed by atoms with E-state index in [9.17, 15) is 8.42 Å². The number of hydrogen-bond donors (Lipinski definition) is 1. The Kier molecular flexibility index (Phi) is 6.76. The van der Waals surface area contributed by atoms with Crippen molar-refractivity contribution in [3.63, 3.8) is 0 Å². The first-order valence-corrected chi connectivity index (χ1v) is 13.0. The Hall–Kier alpha value is -2.20. The van der Waals surface area contributed by atoms with Crippen molar-refractivity contribution in [2.45, 2.75) is 25.8 Å². The van der Waals surface area contributed by atoms with E-state index in [4.69, 9.17) is 9.47 Å². The van der Waals surface area contributed by atoms with Gasteiger partial charge in [0.2, 0.25) is 10.0 Å². The van der Waals surface area contributed by atoms with Crippen molar-refractivity contribution >= 4 is 31.6 Å². The Bertz CT molecular complexity index is 1130. The second kappa shape index (κ2) is 9.52. The van der Waals surface area contributed by atoms with E-state index < -0.39 is 10.0 Å². The van der Waals surface area contributed by atoms with Crippen LogP contribution in [0.1, 0.15) is 18.4 Å². The first-order chi connectivity index (χ1) is 14.9. The van der Waals surface area contributed by atoms with Crippen LogP contribution < -0.4 is 14.8 Å². The molecule has 1 aliphatic rings. The van der Waals surface area contributed by atoms with Gasteiger partial charge in [0.25, 0.3) is 5.19 Å². The largest absolute Gasteiger partial charge is 0.492 e. The lowest BCUT2D eigenvalue weighted by atomic mass is 10.2. The van der Waals surface area contributed by atoms with Crippen LogP contribution in [0.3, 0.4) is 0 Å². The van der Waals surface area contributed by atoms with Crippen LogP contribution in [0.2, 0.25) is 0 Å². The molecule has 4 rings (SSSR count). The van der Waals surface area contributed by atoms with E-state index in [2.05, 4.69) is 28.5 Å². The standard InChI is InChI=1S/C22H27N3O4S2/c1-16-5-10-21-20(14-16)24-22(30-21)29-19-8-6-18(7-9-19)28-13-11-23-15-17-4-3-12-25(17)31(2,26)27/h5-10,14,17,23H,3-4,11-13,15H2,1-2H3. The number of ether oxygens (including phenoxy) is 2. The van der Waals surface area contributed by atoms with Crippen LogP contribution in [0, 0.1) is 6.92 Å². The van der Waals surface area contributed by atoms with Crippen molar-refractivity contribution in [3.05, 3.63) is 48.0 Å². The maximum Gasteiger partial charge on any atom is 0.279 e. The van der Waals surface area contributed by atoms with Gasteiger partial charge in [-0.15, -0.1) is 0 Å². The van der Waals surface area contributed by atoms with Gasteiger partial charge in [-0.1, -0.05) is 17.4 Å². The molecule has 166 valence electrons. The van der Waals surface area contributed by atoms with Gasteiger partial charge in [0, 0.05) is 25.7 Å². The quantitative estimate of drug-likeness (QED) is 0.489. The zero-order valence-electron chi connectivity index (χ0n) is 17.7. The van der Waals surface area contributed by atoms with Crippen LogP contribution in [0.25, 0.3) is 10.2 Å². The molecule has 31 heavy (non-hydrogen) atoms. The molecule has 0 aliphatic carbocycles. The first kappa shape index (κ1) is 22.0. The monoisotopic (exact) mass is 461 g/mol. The molecule has 1 aromatic heterocycles. The highest BCUT2D eigenvalue weighted by molar-refractivity contribution is 7.88. The third-order valence-corrected chi connectivity index (χ3v) is 7.48. The van der Waals surface area contributed by atoms with Gasteiger partial charge in [-0.05, 0) is 61.7 Å². The van der Waals surface area contributed by atoms with E-state index in [-0.39, 0.29) is 6.04 Å². The van der Waals surface area contributed by atoms with Crippen molar-refractivity contribution < 1.29 is 17.9 Å². The van der Waals surface area contributed by atoms with Gasteiger partial charge in [0.05, 0.1) is 16.5 Å². The summed E-state index contributed by atoms with van der Waals surface area (Å²) in [6, 6.07) is 13.7. The summed E-state index contributed by atoms with van der Waals surface area (Å²) in [5, 5.41) is 3.92. The number of benzene rings is 2. The predicted molar refractivity (Wildman–Crippen MR) is 124 cm³/mol. The Morgan fingerprint density at radius 2 is 1.97 bits per heavy atom.